The first-order valence-electron chi connectivity index (χ1n) is 7.60. The van der Waals surface area contributed by atoms with Crippen molar-refractivity contribution in [2.75, 3.05) is 25.1 Å². The van der Waals surface area contributed by atoms with Crippen LogP contribution in [0.3, 0.4) is 0 Å². The van der Waals surface area contributed by atoms with E-state index in [0.717, 1.165) is 19.8 Å². The third-order valence-corrected chi connectivity index (χ3v) is 3.75. The summed E-state index contributed by atoms with van der Waals surface area (Å²) in [6.45, 7) is 16.6. The molecule has 2 heteroatoms. The predicted octanol–water partition coefficient (Wildman–Crippen LogP) is 4.64. The number of nitrogens with one attached hydrogen (secondary N) is 1. The number of rotatable bonds is 7. The third-order valence-electron chi connectivity index (χ3n) is 3.75. The minimum atomic E-state index is 0.554. The standard InChI is InChI=1S/C17H30N2/c1-7-19(8-2)12-18-17-15(13(3)4)10-9-11-16(17)14(5)6/h9-11,13-14,18H,7-8,12H2,1-6H3. The Balaban J connectivity index is 3.00. The molecule has 0 aromatic heterocycles. The smallest absolute Gasteiger partial charge is 0.0678 e. The molecule has 0 fully saturated rings. The highest BCUT2D eigenvalue weighted by molar-refractivity contribution is 5.60. The normalized spacial score (nSPS) is 11.6. The van der Waals surface area contributed by atoms with Gasteiger partial charge in [-0.25, -0.2) is 0 Å². The fourth-order valence-electron chi connectivity index (χ4n) is 2.39. The SMILES string of the molecule is CCN(CC)CNc1c(C(C)C)cccc1C(C)C. The monoisotopic (exact) mass is 262 g/mol. The van der Waals surface area contributed by atoms with Gasteiger partial charge in [0, 0.05) is 5.69 Å². The Kier molecular flexibility index (Phi) is 6.36. The molecule has 0 unspecified atom stereocenters. The van der Waals surface area contributed by atoms with E-state index in [2.05, 4.69) is 70.0 Å². The van der Waals surface area contributed by atoms with Gasteiger partial charge in [-0.1, -0.05) is 59.7 Å². The highest BCUT2D eigenvalue weighted by atomic mass is 15.2. The minimum absolute atomic E-state index is 0.554. The Hall–Kier alpha value is -1.02. The fourth-order valence-corrected chi connectivity index (χ4v) is 2.39. The quantitative estimate of drug-likeness (QED) is 0.720. The summed E-state index contributed by atoms with van der Waals surface area (Å²) >= 11 is 0. The zero-order valence-corrected chi connectivity index (χ0v) is 13.5. The van der Waals surface area contributed by atoms with Crippen LogP contribution >= 0.6 is 0 Å². The summed E-state index contributed by atoms with van der Waals surface area (Å²) in [4.78, 5) is 2.40. The van der Waals surface area contributed by atoms with Crippen LogP contribution in [0.2, 0.25) is 0 Å². The van der Waals surface area contributed by atoms with E-state index in [1.807, 2.05) is 0 Å². The van der Waals surface area contributed by atoms with Crippen molar-refractivity contribution in [3.05, 3.63) is 29.3 Å². The topological polar surface area (TPSA) is 15.3 Å². The second kappa shape index (κ2) is 7.54. The first-order chi connectivity index (χ1) is 9.01. The molecular formula is C17H30N2. The van der Waals surface area contributed by atoms with Crippen molar-refractivity contribution >= 4 is 5.69 Å². The summed E-state index contributed by atoms with van der Waals surface area (Å²) in [7, 11) is 0. The molecule has 0 saturated heterocycles. The minimum Gasteiger partial charge on any atom is -0.372 e. The van der Waals surface area contributed by atoms with Gasteiger partial charge in [0.25, 0.3) is 0 Å². The molecule has 0 saturated carbocycles. The van der Waals surface area contributed by atoms with Crippen molar-refractivity contribution < 1.29 is 0 Å². The maximum absolute atomic E-state index is 3.67. The van der Waals surface area contributed by atoms with Crippen molar-refractivity contribution in [3.8, 4) is 0 Å². The van der Waals surface area contributed by atoms with Gasteiger partial charge in [0.05, 0.1) is 6.67 Å². The number of nitrogens with zero attached hydrogens (tertiary/aromatic N) is 1. The number of hydrogen-bond donors (Lipinski definition) is 1. The van der Waals surface area contributed by atoms with Gasteiger partial charge >= 0.3 is 0 Å². The zero-order chi connectivity index (χ0) is 14.4. The molecule has 0 heterocycles. The van der Waals surface area contributed by atoms with Crippen LogP contribution in [-0.4, -0.2) is 24.7 Å². The molecule has 0 radical (unpaired) electrons. The van der Waals surface area contributed by atoms with Gasteiger partial charge in [-0.2, -0.15) is 0 Å². The van der Waals surface area contributed by atoms with Crippen molar-refractivity contribution in [1.29, 1.82) is 0 Å². The molecule has 1 aromatic rings. The summed E-state index contributed by atoms with van der Waals surface area (Å²) in [5.41, 5.74) is 4.20. The van der Waals surface area contributed by atoms with Gasteiger partial charge in [-0.3, -0.25) is 4.90 Å². The second-order valence-corrected chi connectivity index (χ2v) is 5.76. The lowest BCUT2D eigenvalue weighted by atomic mass is 9.93. The van der Waals surface area contributed by atoms with Gasteiger partial charge in [0.2, 0.25) is 0 Å². The van der Waals surface area contributed by atoms with E-state index in [-0.39, 0.29) is 0 Å². The summed E-state index contributed by atoms with van der Waals surface area (Å²) in [6.07, 6.45) is 0. The van der Waals surface area contributed by atoms with Crippen LogP contribution in [0.5, 0.6) is 0 Å². The average Bonchev–Trinajstić information content (AvgIpc) is 2.39. The Bertz CT molecular complexity index is 353. The predicted molar refractivity (Wildman–Crippen MR) is 86.0 cm³/mol. The van der Waals surface area contributed by atoms with E-state index in [0.29, 0.717) is 11.8 Å². The molecule has 0 amide bonds. The lowest BCUT2D eigenvalue weighted by Crippen LogP contribution is -2.29. The van der Waals surface area contributed by atoms with Gasteiger partial charge in [0.1, 0.15) is 0 Å². The molecule has 1 aromatic carbocycles. The molecule has 1 N–H and O–H groups in total. The van der Waals surface area contributed by atoms with E-state index in [4.69, 9.17) is 0 Å². The van der Waals surface area contributed by atoms with Crippen LogP contribution in [0.25, 0.3) is 0 Å². The molecule has 0 aliphatic heterocycles. The highest BCUT2D eigenvalue weighted by Crippen LogP contribution is 2.32. The first kappa shape index (κ1) is 16.0. The second-order valence-electron chi connectivity index (χ2n) is 5.76. The fraction of sp³-hybridized carbons (Fsp3) is 0.647. The van der Waals surface area contributed by atoms with Gasteiger partial charge in [-0.15, -0.1) is 0 Å². The molecule has 0 aliphatic carbocycles. The van der Waals surface area contributed by atoms with Crippen LogP contribution in [0.4, 0.5) is 5.69 Å². The summed E-state index contributed by atoms with van der Waals surface area (Å²) < 4.78 is 0. The first-order valence-corrected chi connectivity index (χ1v) is 7.60. The van der Waals surface area contributed by atoms with Crippen molar-refractivity contribution in [2.24, 2.45) is 0 Å². The van der Waals surface area contributed by atoms with Crippen LogP contribution in [-0.2, 0) is 0 Å². The molecule has 1 rings (SSSR count). The molecule has 2 nitrogen and oxygen atoms in total. The molecular weight excluding hydrogens is 232 g/mol. The number of anilines is 1. The Morgan fingerprint density at radius 1 is 0.947 bits per heavy atom. The van der Waals surface area contributed by atoms with E-state index in [9.17, 15) is 0 Å². The maximum Gasteiger partial charge on any atom is 0.0678 e. The average molecular weight is 262 g/mol. The Labute approximate surface area is 119 Å². The van der Waals surface area contributed by atoms with Crippen molar-refractivity contribution in [2.45, 2.75) is 53.4 Å². The van der Waals surface area contributed by atoms with Crippen LogP contribution < -0.4 is 5.32 Å². The zero-order valence-electron chi connectivity index (χ0n) is 13.5. The van der Waals surface area contributed by atoms with Gasteiger partial charge in [-0.05, 0) is 36.1 Å². The Morgan fingerprint density at radius 2 is 1.42 bits per heavy atom. The number of hydrogen-bond acceptors (Lipinski definition) is 2. The van der Waals surface area contributed by atoms with E-state index in [1.54, 1.807) is 0 Å². The van der Waals surface area contributed by atoms with Crippen LogP contribution in [0.1, 0.15) is 64.5 Å². The van der Waals surface area contributed by atoms with Crippen molar-refractivity contribution in [3.63, 3.8) is 0 Å². The summed E-state index contributed by atoms with van der Waals surface area (Å²) in [5.74, 6) is 1.11. The van der Waals surface area contributed by atoms with Gasteiger partial charge < -0.3 is 5.32 Å². The summed E-state index contributed by atoms with van der Waals surface area (Å²) in [6, 6.07) is 6.69. The van der Waals surface area contributed by atoms with Crippen LogP contribution in [0.15, 0.2) is 18.2 Å². The lowest BCUT2D eigenvalue weighted by molar-refractivity contribution is 0.325. The molecule has 108 valence electrons. The lowest BCUT2D eigenvalue weighted by Gasteiger charge is -2.25. The Morgan fingerprint density at radius 3 is 1.79 bits per heavy atom. The van der Waals surface area contributed by atoms with Crippen LogP contribution in [0, 0.1) is 0 Å². The number of para-hydroxylation sites is 1. The highest BCUT2D eigenvalue weighted by Gasteiger charge is 2.13. The van der Waals surface area contributed by atoms with E-state index < -0.39 is 0 Å². The largest absolute Gasteiger partial charge is 0.372 e. The maximum atomic E-state index is 3.67. The van der Waals surface area contributed by atoms with E-state index in [1.165, 1.54) is 16.8 Å². The summed E-state index contributed by atoms with van der Waals surface area (Å²) in [5, 5.41) is 3.67. The molecule has 0 spiro atoms. The molecule has 0 atom stereocenters. The third kappa shape index (κ3) is 4.24. The molecule has 0 aliphatic rings. The molecule has 0 bridgehead atoms. The molecule has 19 heavy (non-hydrogen) atoms. The van der Waals surface area contributed by atoms with Gasteiger partial charge in [0.15, 0.2) is 0 Å². The number of benzene rings is 1. The van der Waals surface area contributed by atoms with Crippen molar-refractivity contribution in [1.82, 2.24) is 4.90 Å². The van der Waals surface area contributed by atoms with E-state index >= 15 is 0 Å².